The summed E-state index contributed by atoms with van der Waals surface area (Å²) in [6, 6.07) is 13.9. The number of benzene rings is 2. The highest BCUT2D eigenvalue weighted by Crippen LogP contribution is 2.18. The van der Waals surface area contributed by atoms with Gasteiger partial charge in [-0.2, -0.15) is 0 Å². The van der Waals surface area contributed by atoms with Gasteiger partial charge in [0.05, 0.1) is 19.2 Å². The lowest BCUT2D eigenvalue weighted by Crippen LogP contribution is -2.28. The first-order valence-corrected chi connectivity index (χ1v) is 10.7. The average Bonchev–Trinajstić information content (AvgIpc) is 3.05. The lowest BCUT2D eigenvalue weighted by Gasteiger charge is -2.21. The molecular formula is C24H29N5O2. The van der Waals surface area contributed by atoms with Gasteiger partial charge in [0.15, 0.2) is 5.82 Å². The van der Waals surface area contributed by atoms with Gasteiger partial charge in [-0.15, -0.1) is 10.2 Å². The fraction of sp³-hybridized carbons (Fsp3) is 0.375. The van der Waals surface area contributed by atoms with Crippen molar-refractivity contribution in [2.24, 2.45) is 0 Å². The zero-order valence-electron chi connectivity index (χ0n) is 18.4. The van der Waals surface area contributed by atoms with Crippen LogP contribution < -0.4 is 10.1 Å². The highest BCUT2D eigenvalue weighted by molar-refractivity contribution is 5.96. The molecule has 0 atom stereocenters. The number of hydrogen-bond acceptors (Lipinski definition) is 5. The van der Waals surface area contributed by atoms with E-state index in [0.717, 1.165) is 44.2 Å². The number of carbonyl (C=O) groups excluding carboxylic acids is 1. The molecule has 2 heterocycles. The lowest BCUT2D eigenvalue weighted by atomic mass is 10.1. The van der Waals surface area contributed by atoms with E-state index in [-0.39, 0.29) is 5.91 Å². The highest BCUT2D eigenvalue weighted by atomic mass is 16.5. The summed E-state index contributed by atoms with van der Waals surface area (Å²) in [5, 5.41) is 11.7. The minimum absolute atomic E-state index is 0.181. The van der Waals surface area contributed by atoms with Crippen LogP contribution in [-0.4, -0.2) is 45.8 Å². The Balaban J connectivity index is 1.39. The molecule has 0 unspecified atom stereocenters. The maximum absolute atomic E-state index is 12.6. The minimum Gasteiger partial charge on any atom is -0.496 e. The molecule has 0 fully saturated rings. The molecule has 1 aliphatic heterocycles. The minimum atomic E-state index is -0.181. The lowest BCUT2D eigenvalue weighted by molar-refractivity contribution is 0.0946. The van der Waals surface area contributed by atoms with Crippen LogP contribution in [0, 0.1) is 13.8 Å². The second-order valence-corrected chi connectivity index (χ2v) is 8.02. The summed E-state index contributed by atoms with van der Waals surface area (Å²) < 4.78 is 7.43. The topological polar surface area (TPSA) is 72.3 Å². The molecule has 0 bridgehead atoms. The molecule has 7 nitrogen and oxygen atoms in total. The number of hydrogen-bond donors (Lipinski definition) is 1. The molecule has 2 aromatic carbocycles. The van der Waals surface area contributed by atoms with Gasteiger partial charge in [0.1, 0.15) is 11.6 Å². The smallest absolute Gasteiger partial charge is 0.255 e. The molecule has 0 saturated carbocycles. The molecule has 7 heteroatoms. The third-order valence-corrected chi connectivity index (χ3v) is 5.85. The number of methoxy groups -OCH3 is 1. The predicted octanol–water partition coefficient (Wildman–Crippen LogP) is 2.89. The Morgan fingerprint density at radius 3 is 2.74 bits per heavy atom. The molecule has 3 aromatic rings. The van der Waals surface area contributed by atoms with E-state index in [2.05, 4.69) is 57.0 Å². The van der Waals surface area contributed by atoms with Gasteiger partial charge in [-0.05, 0) is 37.1 Å². The van der Waals surface area contributed by atoms with Crippen molar-refractivity contribution in [2.75, 3.05) is 20.2 Å². The number of rotatable bonds is 6. The van der Waals surface area contributed by atoms with Gasteiger partial charge in [0.2, 0.25) is 0 Å². The Labute approximate surface area is 183 Å². The molecule has 0 radical (unpaired) electrons. The van der Waals surface area contributed by atoms with Gasteiger partial charge in [0, 0.05) is 32.6 Å². The fourth-order valence-electron chi connectivity index (χ4n) is 4.07. The summed E-state index contributed by atoms with van der Waals surface area (Å²) in [7, 11) is 1.56. The van der Waals surface area contributed by atoms with Crippen molar-refractivity contribution in [3.05, 3.63) is 76.4 Å². The molecule has 162 valence electrons. The first-order chi connectivity index (χ1) is 15.0. The normalized spacial score (nSPS) is 14.0. The summed E-state index contributed by atoms with van der Waals surface area (Å²) in [4.78, 5) is 15.1. The van der Waals surface area contributed by atoms with Crippen molar-refractivity contribution in [2.45, 2.75) is 39.9 Å². The standard InChI is InChI=1S/C24H29N5O2/c1-17-8-9-19(18(2)14-17)16-28-11-10-22-26-27-23(29(22)13-12-28)15-25-24(30)20-6-4-5-7-21(20)31-3/h4-9,14H,10-13,15-16H2,1-3H3,(H,25,30). The molecule has 31 heavy (non-hydrogen) atoms. The number of carbonyl (C=O) groups is 1. The number of para-hydroxylation sites is 1. The molecule has 0 spiro atoms. The Hall–Kier alpha value is -3.19. The fourth-order valence-corrected chi connectivity index (χ4v) is 4.07. The molecule has 1 aliphatic rings. The van der Waals surface area contributed by atoms with Crippen LogP contribution in [0.15, 0.2) is 42.5 Å². The van der Waals surface area contributed by atoms with Crippen LogP contribution in [0.1, 0.15) is 38.7 Å². The number of ether oxygens (including phenoxy) is 1. The van der Waals surface area contributed by atoms with Crippen LogP contribution in [-0.2, 0) is 26.1 Å². The van der Waals surface area contributed by atoms with E-state index < -0.39 is 0 Å². The average molecular weight is 420 g/mol. The predicted molar refractivity (Wildman–Crippen MR) is 119 cm³/mol. The first kappa shape index (κ1) is 21.1. The van der Waals surface area contributed by atoms with E-state index in [1.165, 1.54) is 16.7 Å². The number of fused-ring (bicyclic) bond motifs is 1. The van der Waals surface area contributed by atoms with Crippen LogP contribution in [0.5, 0.6) is 5.75 Å². The van der Waals surface area contributed by atoms with Crippen molar-refractivity contribution in [3.63, 3.8) is 0 Å². The molecule has 1 amide bonds. The second kappa shape index (κ2) is 9.31. The van der Waals surface area contributed by atoms with Gasteiger partial charge < -0.3 is 14.6 Å². The van der Waals surface area contributed by atoms with E-state index in [1.54, 1.807) is 19.2 Å². The Morgan fingerprint density at radius 1 is 1.10 bits per heavy atom. The van der Waals surface area contributed by atoms with E-state index >= 15 is 0 Å². The van der Waals surface area contributed by atoms with Gasteiger partial charge >= 0.3 is 0 Å². The van der Waals surface area contributed by atoms with Gasteiger partial charge in [-0.1, -0.05) is 35.9 Å². The Morgan fingerprint density at radius 2 is 1.94 bits per heavy atom. The van der Waals surface area contributed by atoms with Gasteiger partial charge in [-0.3, -0.25) is 9.69 Å². The van der Waals surface area contributed by atoms with E-state index in [4.69, 9.17) is 4.74 Å². The van der Waals surface area contributed by atoms with Crippen molar-refractivity contribution in [1.82, 2.24) is 25.0 Å². The summed E-state index contributed by atoms with van der Waals surface area (Å²) in [6.45, 7) is 8.25. The largest absolute Gasteiger partial charge is 0.496 e. The second-order valence-electron chi connectivity index (χ2n) is 8.02. The van der Waals surface area contributed by atoms with E-state index in [9.17, 15) is 4.79 Å². The van der Waals surface area contributed by atoms with Crippen LogP contribution >= 0.6 is 0 Å². The number of amides is 1. The third-order valence-electron chi connectivity index (χ3n) is 5.85. The zero-order valence-corrected chi connectivity index (χ0v) is 18.4. The van der Waals surface area contributed by atoms with E-state index in [0.29, 0.717) is 17.9 Å². The molecule has 0 saturated heterocycles. The molecule has 1 aromatic heterocycles. The van der Waals surface area contributed by atoms with Crippen molar-refractivity contribution in [1.29, 1.82) is 0 Å². The quantitative estimate of drug-likeness (QED) is 0.665. The number of nitrogens with one attached hydrogen (secondary N) is 1. The Kier molecular flexibility index (Phi) is 6.32. The van der Waals surface area contributed by atoms with Crippen LogP contribution in [0.4, 0.5) is 0 Å². The molecule has 1 N–H and O–H groups in total. The summed E-state index contributed by atoms with van der Waals surface area (Å²) in [6.07, 6.45) is 0.846. The van der Waals surface area contributed by atoms with Crippen LogP contribution in [0.25, 0.3) is 0 Å². The van der Waals surface area contributed by atoms with Gasteiger partial charge in [0.25, 0.3) is 5.91 Å². The number of aryl methyl sites for hydroxylation is 2. The van der Waals surface area contributed by atoms with E-state index in [1.807, 2.05) is 12.1 Å². The van der Waals surface area contributed by atoms with Crippen LogP contribution in [0.3, 0.4) is 0 Å². The monoisotopic (exact) mass is 419 g/mol. The summed E-state index contributed by atoms with van der Waals surface area (Å²) in [5.74, 6) is 2.14. The summed E-state index contributed by atoms with van der Waals surface area (Å²) in [5.41, 5.74) is 4.51. The number of nitrogens with zero attached hydrogens (tertiary/aromatic N) is 4. The van der Waals surface area contributed by atoms with Crippen molar-refractivity contribution in [3.8, 4) is 5.75 Å². The maximum atomic E-state index is 12.6. The first-order valence-electron chi connectivity index (χ1n) is 10.7. The summed E-state index contributed by atoms with van der Waals surface area (Å²) >= 11 is 0. The number of aromatic nitrogens is 3. The van der Waals surface area contributed by atoms with Crippen molar-refractivity contribution < 1.29 is 9.53 Å². The Bertz CT molecular complexity index is 1080. The third kappa shape index (κ3) is 4.77. The SMILES string of the molecule is COc1ccccc1C(=O)NCc1nnc2n1CCN(Cc1ccc(C)cc1C)CC2. The molecule has 4 rings (SSSR count). The molecular weight excluding hydrogens is 390 g/mol. The van der Waals surface area contributed by atoms with Crippen LogP contribution in [0.2, 0.25) is 0 Å². The molecule has 0 aliphatic carbocycles. The highest BCUT2D eigenvalue weighted by Gasteiger charge is 2.20. The zero-order chi connectivity index (χ0) is 21.8. The van der Waals surface area contributed by atoms with Crippen molar-refractivity contribution >= 4 is 5.91 Å². The maximum Gasteiger partial charge on any atom is 0.255 e. The van der Waals surface area contributed by atoms with Gasteiger partial charge in [-0.25, -0.2) is 0 Å².